The van der Waals surface area contributed by atoms with Crippen LogP contribution in [0.2, 0.25) is 0 Å². The molecule has 0 aliphatic rings. The third-order valence-electron chi connectivity index (χ3n) is 4.39. The van der Waals surface area contributed by atoms with Crippen molar-refractivity contribution >= 4 is 0 Å². The van der Waals surface area contributed by atoms with Crippen LogP contribution >= 0.6 is 0 Å². The molecule has 0 bridgehead atoms. The number of ether oxygens (including phenoxy) is 3. The van der Waals surface area contributed by atoms with Crippen LogP contribution in [0.3, 0.4) is 0 Å². The summed E-state index contributed by atoms with van der Waals surface area (Å²) in [6, 6.07) is 17.5. The molecule has 136 valence electrons. The number of nitriles is 1. The largest absolute Gasteiger partial charge is 0.497 e. The van der Waals surface area contributed by atoms with Gasteiger partial charge in [0.25, 0.3) is 0 Å². The highest BCUT2D eigenvalue weighted by molar-refractivity contribution is 5.78. The lowest BCUT2D eigenvalue weighted by Gasteiger charge is -2.13. The highest BCUT2D eigenvalue weighted by atomic mass is 16.5. The van der Waals surface area contributed by atoms with E-state index in [-0.39, 0.29) is 0 Å². The van der Waals surface area contributed by atoms with Gasteiger partial charge in [0, 0.05) is 11.1 Å². The minimum absolute atomic E-state index is 0.541. The van der Waals surface area contributed by atoms with Gasteiger partial charge in [0.1, 0.15) is 11.8 Å². The first-order chi connectivity index (χ1) is 13.1. The molecular formula is C22H20N2O3. The van der Waals surface area contributed by atoms with Gasteiger partial charge in [-0.25, -0.2) is 0 Å². The standard InChI is InChI=1S/C22H20N2O3/c1-14-19(13-23)18(16-7-10-21(26-3)22(11-16)27-4)12-20(24-14)15-5-8-17(25-2)9-6-15/h5-12H,1-4H3. The summed E-state index contributed by atoms with van der Waals surface area (Å²) in [6.07, 6.45) is 0. The van der Waals surface area contributed by atoms with Gasteiger partial charge < -0.3 is 14.2 Å². The molecule has 0 N–H and O–H groups in total. The molecule has 0 fully saturated rings. The molecule has 5 nitrogen and oxygen atoms in total. The van der Waals surface area contributed by atoms with E-state index < -0.39 is 0 Å². The average molecular weight is 360 g/mol. The Labute approximate surface area is 158 Å². The van der Waals surface area contributed by atoms with Gasteiger partial charge in [-0.1, -0.05) is 6.07 Å². The summed E-state index contributed by atoms with van der Waals surface area (Å²) in [6.45, 7) is 1.84. The average Bonchev–Trinajstić information content (AvgIpc) is 2.72. The summed E-state index contributed by atoms with van der Waals surface area (Å²) < 4.78 is 15.9. The second-order valence-electron chi connectivity index (χ2n) is 5.93. The molecule has 0 radical (unpaired) electrons. The van der Waals surface area contributed by atoms with Crippen LogP contribution in [-0.4, -0.2) is 26.3 Å². The lowest BCUT2D eigenvalue weighted by atomic mass is 9.97. The van der Waals surface area contributed by atoms with Gasteiger partial charge in [-0.15, -0.1) is 0 Å². The first kappa shape index (κ1) is 18.3. The summed E-state index contributed by atoms with van der Waals surface area (Å²) in [5.74, 6) is 2.03. The van der Waals surface area contributed by atoms with Crippen molar-refractivity contribution < 1.29 is 14.2 Å². The summed E-state index contributed by atoms with van der Waals surface area (Å²) >= 11 is 0. The van der Waals surface area contributed by atoms with Gasteiger partial charge in [-0.2, -0.15) is 5.26 Å². The van der Waals surface area contributed by atoms with E-state index >= 15 is 0 Å². The van der Waals surface area contributed by atoms with E-state index in [4.69, 9.17) is 14.2 Å². The number of benzene rings is 2. The van der Waals surface area contributed by atoms with Crippen molar-refractivity contribution in [3.8, 4) is 45.7 Å². The SMILES string of the molecule is COc1ccc(-c2cc(-c3ccc(OC)c(OC)c3)c(C#N)c(C)n2)cc1. The minimum Gasteiger partial charge on any atom is -0.497 e. The van der Waals surface area contributed by atoms with Crippen molar-refractivity contribution in [1.82, 2.24) is 4.98 Å². The van der Waals surface area contributed by atoms with Crippen LogP contribution in [0.5, 0.6) is 17.2 Å². The molecule has 1 heterocycles. The number of aromatic nitrogens is 1. The normalized spacial score (nSPS) is 10.2. The Hall–Kier alpha value is -3.52. The molecule has 0 spiro atoms. The Bertz CT molecular complexity index is 1010. The second-order valence-corrected chi connectivity index (χ2v) is 5.93. The Balaban J connectivity index is 2.17. The fourth-order valence-electron chi connectivity index (χ4n) is 2.95. The third kappa shape index (κ3) is 3.56. The lowest BCUT2D eigenvalue weighted by Crippen LogP contribution is -1.97. The first-order valence-electron chi connectivity index (χ1n) is 8.39. The topological polar surface area (TPSA) is 64.4 Å². The van der Waals surface area contributed by atoms with Crippen LogP contribution in [0.25, 0.3) is 22.4 Å². The molecule has 0 aliphatic heterocycles. The Morgan fingerprint density at radius 2 is 1.48 bits per heavy atom. The quantitative estimate of drug-likeness (QED) is 0.664. The highest BCUT2D eigenvalue weighted by Crippen LogP contribution is 2.36. The molecule has 0 aliphatic carbocycles. The van der Waals surface area contributed by atoms with Gasteiger partial charge in [-0.3, -0.25) is 4.98 Å². The fraction of sp³-hybridized carbons (Fsp3) is 0.182. The molecule has 0 amide bonds. The van der Waals surface area contributed by atoms with Crippen LogP contribution in [-0.2, 0) is 0 Å². The number of methoxy groups -OCH3 is 3. The Morgan fingerprint density at radius 1 is 0.815 bits per heavy atom. The lowest BCUT2D eigenvalue weighted by molar-refractivity contribution is 0.355. The van der Waals surface area contributed by atoms with Crippen LogP contribution in [0, 0.1) is 18.3 Å². The van der Waals surface area contributed by atoms with Crippen molar-refractivity contribution in [2.75, 3.05) is 21.3 Å². The highest BCUT2D eigenvalue weighted by Gasteiger charge is 2.15. The predicted octanol–water partition coefficient (Wildman–Crippen LogP) is 4.62. The Kier molecular flexibility index (Phi) is 5.28. The molecule has 0 atom stereocenters. The van der Waals surface area contributed by atoms with Gasteiger partial charge in [0.2, 0.25) is 0 Å². The maximum Gasteiger partial charge on any atom is 0.161 e. The van der Waals surface area contributed by atoms with Crippen molar-refractivity contribution in [2.24, 2.45) is 0 Å². The van der Waals surface area contributed by atoms with E-state index in [9.17, 15) is 5.26 Å². The predicted molar refractivity (Wildman–Crippen MR) is 104 cm³/mol. The monoisotopic (exact) mass is 360 g/mol. The van der Waals surface area contributed by atoms with Crippen molar-refractivity contribution in [1.29, 1.82) is 5.26 Å². The first-order valence-corrected chi connectivity index (χ1v) is 8.39. The Morgan fingerprint density at radius 3 is 2.07 bits per heavy atom. The summed E-state index contributed by atoms with van der Waals surface area (Å²) in [5, 5.41) is 9.66. The van der Waals surface area contributed by atoms with Crippen LogP contribution in [0.4, 0.5) is 0 Å². The van der Waals surface area contributed by atoms with E-state index in [1.165, 1.54) is 0 Å². The van der Waals surface area contributed by atoms with E-state index in [1.54, 1.807) is 21.3 Å². The van der Waals surface area contributed by atoms with Gasteiger partial charge in [0.15, 0.2) is 11.5 Å². The number of aryl methyl sites for hydroxylation is 1. The molecule has 0 saturated heterocycles. The van der Waals surface area contributed by atoms with Crippen molar-refractivity contribution in [3.63, 3.8) is 0 Å². The summed E-state index contributed by atoms with van der Waals surface area (Å²) in [5.41, 5.74) is 4.63. The maximum atomic E-state index is 9.66. The number of nitrogens with zero attached hydrogens (tertiary/aromatic N) is 2. The van der Waals surface area contributed by atoms with Crippen LogP contribution < -0.4 is 14.2 Å². The molecular weight excluding hydrogens is 340 g/mol. The van der Waals surface area contributed by atoms with Crippen LogP contribution in [0.1, 0.15) is 11.3 Å². The number of hydrogen-bond acceptors (Lipinski definition) is 5. The molecule has 3 rings (SSSR count). The molecule has 1 aromatic heterocycles. The van der Waals surface area contributed by atoms with Gasteiger partial charge in [0.05, 0.1) is 38.3 Å². The maximum absolute atomic E-state index is 9.66. The minimum atomic E-state index is 0.541. The van der Waals surface area contributed by atoms with Gasteiger partial charge >= 0.3 is 0 Å². The zero-order valence-corrected chi connectivity index (χ0v) is 15.7. The molecule has 3 aromatic rings. The zero-order valence-electron chi connectivity index (χ0n) is 15.7. The zero-order chi connectivity index (χ0) is 19.4. The summed E-state index contributed by atoms with van der Waals surface area (Å²) in [4.78, 5) is 4.61. The molecule has 27 heavy (non-hydrogen) atoms. The van der Waals surface area contributed by atoms with E-state index in [1.807, 2.05) is 55.5 Å². The number of pyridine rings is 1. The van der Waals surface area contributed by atoms with E-state index in [0.29, 0.717) is 22.8 Å². The van der Waals surface area contributed by atoms with Crippen LogP contribution in [0.15, 0.2) is 48.5 Å². The van der Waals surface area contributed by atoms with E-state index in [2.05, 4.69) is 11.1 Å². The molecule has 5 heteroatoms. The molecule has 2 aromatic carbocycles. The van der Waals surface area contributed by atoms with Gasteiger partial charge in [-0.05, 0) is 55.0 Å². The second kappa shape index (κ2) is 7.79. The number of hydrogen-bond donors (Lipinski definition) is 0. The van der Waals surface area contributed by atoms with E-state index in [0.717, 1.165) is 28.1 Å². The molecule has 0 saturated carbocycles. The van der Waals surface area contributed by atoms with Crippen molar-refractivity contribution in [3.05, 3.63) is 59.8 Å². The van der Waals surface area contributed by atoms with Crippen molar-refractivity contribution in [2.45, 2.75) is 6.92 Å². The molecule has 0 unspecified atom stereocenters. The smallest absolute Gasteiger partial charge is 0.161 e. The fourth-order valence-corrected chi connectivity index (χ4v) is 2.95. The third-order valence-corrected chi connectivity index (χ3v) is 4.39. The number of rotatable bonds is 5. The summed E-state index contributed by atoms with van der Waals surface area (Å²) in [7, 11) is 4.82.